The van der Waals surface area contributed by atoms with Gasteiger partial charge in [0, 0.05) is 30.2 Å². The molecule has 1 aromatic heterocycles. The maximum Gasteiger partial charge on any atom is 0.332 e. The molecule has 0 saturated carbocycles. The highest BCUT2D eigenvalue weighted by Crippen LogP contribution is 2.31. The Morgan fingerprint density at radius 3 is 2.40 bits per heavy atom. The van der Waals surface area contributed by atoms with Crippen LogP contribution in [0.5, 0.6) is 17.2 Å². The van der Waals surface area contributed by atoms with E-state index in [2.05, 4.69) is 0 Å². The van der Waals surface area contributed by atoms with Crippen LogP contribution in [-0.4, -0.2) is 60.1 Å². The van der Waals surface area contributed by atoms with Gasteiger partial charge in [-0.05, 0) is 54.3 Å². The highest BCUT2D eigenvalue weighted by Gasteiger charge is 2.26. The van der Waals surface area contributed by atoms with Crippen LogP contribution in [-0.2, 0) is 17.9 Å². The standard InChI is InChI=1S/C32H31ClF3N3O6/c1-43-30-12-20(5-6-28(30)44-18-21-3-2-4-22(33)11-21)17-38-31(41)25-13-29(45-24(15-34)16-35)26(36)14-27(25)39(32(38)42)23-7-9-37(19-40)10-8-23/h2-6,11-14,19,23-24H,7-10,15-18H2,1H3. The summed E-state index contributed by atoms with van der Waals surface area (Å²) >= 11 is 6.06. The molecular weight excluding hydrogens is 615 g/mol. The van der Waals surface area contributed by atoms with E-state index in [-0.39, 0.29) is 24.1 Å². The maximum absolute atomic E-state index is 15.2. The van der Waals surface area contributed by atoms with Crippen LogP contribution >= 0.6 is 11.6 Å². The van der Waals surface area contributed by atoms with Gasteiger partial charge < -0.3 is 19.1 Å². The molecule has 4 aromatic rings. The van der Waals surface area contributed by atoms with Crippen LogP contribution in [0.25, 0.3) is 10.9 Å². The van der Waals surface area contributed by atoms with E-state index in [9.17, 15) is 23.2 Å². The fraction of sp³-hybridized carbons (Fsp3) is 0.344. The van der Waals surface area contributed by atoms with Crippen molar-refractivity contribution in [2.75, 3.05) is 33.5 Å². The van der Waals surface area contributed by atoms with Gasteiger partial charge in [-0.1, -0.05) is 29.8 Å². The van der Waals surface area contributed by atoms with Gasteiger partial charge in [-0.3, -0.25) is 18.7 Å². The molecule has 1 fully saturated rings. The average molecular weight is 646 g/mol. The number of likely N-dealkylation sites (tertiary alicyclic amines) is 1. The third-order valence-electron chi connectivity index (χ3n) is 7.73. The minimum absolute atomic E-state index is 0.0232. The van der Waals surface area contributed by atoms with Crippen molar-refractivity contribution in [3.05, 3.63) is 97.4 Å². The number of hydrogen-bond donors (Lipinski definition) is 0. The number of hydrogen-bond acceptors (Lipinski definition) is 6. The van der Waals surface area contributed by atoms with E-state index >= 15 is 4.39 Å². The summed E-state index contributed by atoms with van der Waals surface area (Å²) in [5.74, 6) is -0.677. The molecule has 0 spiro atoms. The molecule has 1 amide bonds. The van der Waals surface area contributed by atoms with E-state index in [1.807, 2.05) is 12.1 Å². The predicted molar refractivity (Wildman–Crippen MR) is 163 cm³/mol. The molecule has 0 radical (unpaired) electrons. The van der Waals surface area contributed by atoms with Crippen molar-refractivity contribution in [3.63, 3.8) is 0 Å². The molecule has 3 aromatic carbocycles. The Hall–Kier alpha value is -4.45. The second-order valence-corrected chi connectivity index (χ2v) is 11.1. The molecule has 45 heavy (non-hydrogen) atoms. The highest BCUT2D eigenvalue weighted by molar-refractivity contribution is 6.30. The van der Waals surface area contributed by atoms with Gasteiger partial charge >= 0.3 is 5.69 Å². The van der Waals surface area contributed by atoms with Crippen LogP contribution in [0, 0.1) is 5.82 Å². The number of aromatic nitrogens is 2. The molecule has 13 heteroatoms. The average Bonchev–Trinajstić information content (AvgIpc) is 3.05. The number of piperidine rings is 1. The van der Waals surface area contributed by atoms with Crippen LogP contribution in [0.15, 0.2) is 64.2 Å². The summed E-state index contributed by atoms with van der Waals surface area (Å²) < 4.78 is 60.5. The van der Waals surface area contributed by atoms with Crippen LogP contribution in [0.2, 0.25) is 5.02 Å². The quantitative estimate of drug-likeness (QED) is 0.200. The predicted octanol–water partition coefficient (Wildman–Crippen LogP) is 5.07. The molecule has 0 N–H and O–H groups in total. The van der Waals surface area contributed by atoms with E-state index in [4.69, 9.17) is 25.8 Å². The number of methoxy groups -OCH3 is 1. The number of rotatable bonds is 12. The molecule has 5 rings (SSSR count). The minimum Gasteiger partial charge on any atom is -0.493 e. The highest BCUT2D eigenvalue weighted by atomic mass is 35.5. The van der Waals surface area contributed by atoms with Crippen molar-refractivity contribution in [2.45, 2.75) is 38.1 Å². The second kappa shape index (κ2) is 14.1. The van der Waals surface area contributed by atoms with Crippen molar-refractivity contribution in [1.82, 2.24) is 14.0 Å². The third kappa shape index (κ3) is 6.95. The Bertz CT molecular complexity index is 1800. The Balaban J connectivity index is 1.55. The second-order valence-electron chi connectivity index (χ2n) is 10.7. The first-order chi connectivity index (χ1) is 21.8. The molecule has 1 aliphatic rings. The summed E-state index contributed by atoms with van der Waals surface area (Å²) in [6.45, 7) is -1.61. The first-order valence-electron chi connectivity index (χ1n) is 14.3. The van der Waals surface area contributed by atoms with Gasteiger partial charge in [0.1, 0.15) is 20.0 Å². The van der Waals surface area contributed by atoms with E-state index in [1.54, 1.807) is 35.2 Å². The number of alkyl halides is 2. The lowest BCUT2D eigenvalue weighted by molar-refractivity contribution is -0.119. The Kier molecular flexibility index (Phi) is 10.0. The van der Waals surface area contributed by atoms with Gasteiger partial charge in [-0.2, -0.15) is 0 Å². The van der Waals surface area contributed by atoms with E-state index in [0.717, 1.165) is 28.7 Å². The van der Waals surface area contributed by atoms with Crippen molar-refractivity contribution in [3.8, 4) is 17.2 Å². The summed E-state index contributed by atoms with van der Waals surface area (Å²) in [5, 5.41) is 0.513. The number of nitrogens with zero attached hydrogens (tertiary/aromatic N) is 3. The van der Waals surface area contributed by atoms with Gasteiger partial charge in [-0.25, -0.2) is 18.0 Å². The molecule has 0 atom stereocenters. The zero-order chi connectivity index (χ0) is 32.1. The first-order valence-corrected chi connectivity index (χ1v) is 14.6. The molecular formula is C32H31ClF3N3O6. The first kappa shape index (κ1) is 32.0. The van der Waals surface area contributed by atoms with Crippen LogP contribution in [0.4, 0.5) is 13.2 Å². The molecule has 0 unspecified atom stereocenters. The topological polar surface area (TPSA) is 92.0 Å². The van der Waals surface area contributed by atoms with Crippen LogP contribution < -0.4 is 25.5 Å². The summed E-state index contributed by atoms with van der Waals surface area (Å²) in [5.41, 5.74) is 0.000812. The van der Waals surface area contributed by atoms with E-state index < -0.39 is 48.3 Å². The van der Waals surface area contributed by atoms with Crippen molar-refractivity contribution >= 4 is 28.9 Å². The molecule has 238 valence electrons. The smallest absolute Gasteiger partial charge is 0.332 e. The molecule has 1 aliphatic heterocycles. The fourth-order valence-electron chi connectivity index (χ4n) is 5.39. The van der Waals surface area contributed by atoms with E-state index in [0.29, 0.717) is 48.0 Å². The van der Waals surface area contributed by atoms with Gasteiger partial charge in [0.25, 0.3) is 5.56 Å². The fourth-order valence-corrected chi connectivity index (χ4v) is 5.61. The number of ether oxygens (including phenoxy) is 3. The lowest BCUT2D eigenvalue weighted by Gasteiger charge is -2.31. The zero-order valence-electron chi connectivity index (χ0n) is 24.4. The van der Waals surface area contributed by atoms with Gasteiger partial charge in [0.05, 0.1) is 24.6 Å². The normalized spacial score (nSPS) is 13.8. The summed E-state index contributed by atoms with van der Waals surface area (Å²) in [6, 6.07) is 13.8. The van der Waals surface area contributed by atoms with Crippen molar-refractivity contribution in [1.29, 1.82) is 0 Å². The van der Waals surface area contributed by atoms with Crippen molar-refractivity contribution < 1.29 is 32.2 Å². The Morgan fingerprint density at radius 1 is 0.978 bits per heavy atom. The summed E-state index contributed by atoms with van der Waals surface area (Å²) in [7, 11) is 1.46. The third-order valence-corrected chi connectivity index (χ3v) is 7.96. The van der Waals surface area contributed by atoms with Gasteiger partial charge in [-0.15, -0.1) is 0 Å². The Morgan fingerprint density at radius 2 is 1.73 bits per heavy atom. The Labute approximate surface area is 261 Å². The largest absolute Gasteiger partial charge is 0.493 e. The van der Waals surface area contributed by atoms with Crippen LogP contribution in [0.3, 0.4) is 0 Å². The monoisotopic (exact) mass is 645 g/mol. The molecule has 1 saturated heterocycles. The minimum atomic E-state index is -1.55. The lowest BCUT2D eigenvalue weighted by atomic mass is 10.0. The number of carbonyl (C=O) groups excluding carboxylic acids is 1. The van der Waals surface area contributed by atoms with Crippen molar-refractivity contribution in [2.24, 2.45) is 0 Å². The molecule has 9 nitrogen and oxygen atoms in total. The number of benzene rings is 3. The number of halogens is 4. The number of fused-ring (bicyclic) bond motifs is 1. The van der Waals surface area contributed by atoms with Crippen LogP contribution in [0.1, 0.15) is 30.0 Å². The molecule has 0 aliphatic carbocycles. The van der Waals surface area contributed by atoms with Gasteiger partial charge in [0.15, 0.2) is 29.2 Å². The molecule has 0 bridgehead atoms. The molecule has 2 heterocycles. The van der Waals surface area contributed by atoms with E-state index in [1.165, 1.54) is 11.7 Å². The number of amides is 1. The SMILES string of the molecule is COc1cc(Cn2c(=O)c3cc(OC(CF)CF)c(F)cc3n(C3CCN(C=O)CC3)c2=O)ccc1OCc1cccc(Cl)c1. The summed E-state index contributed by atoms with van der Waals surface area (Å²) in [4.78, 5) is 40.6. The lowest BCUT2D eigenvalue weighted by Crippen LogP contribution is -2.44. The maximum atomic E-state index is 15.2. The summed E-state index contributed by atoms with van der Waals surface area (Å²) in [6.07, 6.45) is -0.0398. The van der Waals surface area contributed by atoms with Gasteiger partial charge in [0.2, 0.25) is 6.41 Å². The number of carbonyl (C=O) groups is 1. The zero-order valence-corrected chi connectivity index (χ0v) is 25.1.